The molecule has 1 N–H and O–H groups in total. The van der Waals surface area contributed by atoms with Crippen LogP contribution in [-0.2, 0) is 6.54 Å². The Hall–Kier alpha value is -0.430. The predicted molar refractivity (Wildman–Crippen MR) is 70.9 cm³/mol. The lowest BCUT2D eigenvalue weighted by Crippen LogP contribution is -2.06. The Labute approximate surface area is 111 Å². The van der Waals surface area contributed by atoms with E-state index in [0.29, 0.717) is 0 Å². The van der Waals surface area contributed by atoms with Gasteiger partial charge in [-0.1, -0.05) is 39.0 Å². The molecule has 3 nitrogen and oxygen atoms in total. The van der Waals surface area contributed by atoms with E-state index in [1.54, 1.807) is 28.6 Å². The van der Waals surface area contributed by atoms with Crippen LogP contribution >= 0.6 is 39.0 Å². The Balaban J connectivity index is 2.25. The van der Waals surface area contributed by atoms with E-state index in [4.69, 9.17) is 0 Å². The maximum absolute atomic E-state index is 4.03. The van der Waals surface area contributed by atoms with E-state index in [1.807, 2.05) is 13.1 Å². The van der Waals surface area contributed by atoms with Crippen molar-refractivity contribution < 1.29 is 0 Å². The van der Waals surface area contributed by atoms with Crippen LogP contribution in [0.1, 0.15) is 5.56 Å². The van der Waals surface area contributed by atoms with Crippen molar-refractivity contribution in [1.29, 1.82) is 0 Å². The molecule has 1 aromatic heterocycles. The first-order chi connectivity index (χ1) is 7.79. The highest BCUT2D eigenvalue weighted by atomic mass is 79.9. The molecule has 0 aliphatic carbocycles. The second-order valence-electron chi connectivity index (χ2n) is 3.09. The highest BCUT2D eigenvalue weighted by Crippen LogP contribution is 2.32. The van der Waals surface area contributed by atoms with E-state index in [9.17, 15) is 0 Å². The molecule has 0 bridgehead atoms. The molecular weight excluding hydrogens is 306 g/mol. The summed E-state index contributed by atoms with van der Waals surface area (Å²) in [4.78, 5) is 1.22. The molecule has 0 radical (unpaired) electrons. The van der Waals surface area contributed by atoms with Gasteiger partial charge in [-0.15, -0.1) is 10.2 Å². The van der Waals surface area contributed by atoms with E-state index in [1.165, 1.54) is 10.5 Å². The second kappa shape index (κ2) is 5.77. The Morgan fingerprint density at radius 3 is 3.06 bits per heavy atom. The molecular formula is C10H10BrN3S2. The van der Waals surface area contributed by atoms with Crippen molar-refractivity contribution in [1.82, 2.24) is 15.5 Å². The molecule has 0 amide bonds. The number of hydrogen-bond acceptors (Lipinski definition) is 5. The fourth-order valence-electron chi connectivity index (χ4n) is 1.28. The van der Waals surface area contributed by atoms with Crippen LogP contribution in [-0.4, -0.2) is 17.2 Å². The first kappa shape index (κ1) is 12.0. The molecule has 0 fully saturated rings. The standard InChI is InChI=1S/C10H10BrN3S2/c1-12-5-7-4-8(11)2-3-9(7)16-10-14-13-6-15-10/h2-4,6,12H,5H2,1H3. The molecule has 1 aromatic carbocycles. The molecule has 1 heterocycles. The Bertz CT molecular complexity index is 459. The molecule has 0 unspecified atom stereocenters. The van der Waals surface area contributed by atoms with Gasteiger partial charge in [-0.25, -0.2) is 0 Å². The molecule has 0 aliphatic heterocycles. The van der Waals surface area contributed by atoms with Gasteiger partial charge in [0.2, 0.25) is 0 Å². The number of nitrogens with zero attached hydrogens (tertiary/aromatic N) is 2. The molecule has 0 aliphatic rings. The summed E-state index contributed by atoms with van der Waals surface area (Å²) in [7, 11) is 1.94. The van der Waals surface area contributed by atoms with Gasteiger partial charge < -0.3 is 5.32 Å². The highest BCUT2D eigenvalue weighted by Gasteiger charge is 2.06. The molecule has 2 rings (SSSR count). The summed E-state index contributed by atoms with van der Waals surface area (Å²) in [6.07, 6.45) is 0. The molecule has 84 valence electrons. The van der Waals surface area contributed by atoms with Crippen molar-refractivity contribution in [3.8, 4) is 0 Å². The van der Waals surface area contributed by atoms with Crippen molar-refractivity contribution in [2.45, 2.75) is 15.8 Å². The number of benzene rings is 1. The molecule has 0 saturated heterocycles. The van der Waals surface area contributed by atoms with Gasteiger partial charge in [-0.3, -0.25) is 0 Å². The molecule has 16 heavy (non-hydrogen) atoms. The smallest absolute Gasteiger partial charge is 0.178 e. The first-order valence-electron chi connectivity index (χ1n) is 4.66. The van der Waals surface area contributed by atoms with E-state index >= 15 is 0 Å². The van der Waals surface area contributed by atoms with Crippen molar-refractivity contribution >= 4 is 39.0 Å². The number of nitrogens with one attached hydrogen (secondary N) is 1. The monoisotopic (exact) mass is 315 g/mol. The average molecular weight is 316 g/mol. The third kappa shape index (κ3) is 3.04. The minimum Gasteiger partial charge on any atom is -0.316 e. The summed E-state index contributed by atoms with van der Waals surface area (Å²) in [6, 6.07) is 6.27. The maximum atomic E-state index is 4.03. The van der Waals surface area contributed by atoms with Gasteiger partial charge in [-0.2, -0.15) is 0 Å². The van der Waals surface area contributed by atoms with Crippen LogP contribution in [0, 0.1) is 0 Å². The van der Waals surface area contributed by atoms with Gasteiger partial charge in [-0.05, 0) is 30.8 Å². The van der Waals surface area contributed by atoms with Crippen LogP contribution in [0.5, 0.6) is 0 Å². The SMILES string of the molecule is CNCc1cc(Br)ccc1Sc1nncs1. The zero-order valence-corrected chi connectivity index (χ0v) is 11.8. The Morgan fingerprint density at radius 1 is 1.50 bits per heavy atom. The van der Waals surface area contributed by atoms with Crippen LogP contribution in [0.4, 0.5) is 0 Å². The molecule has 2 aromatic rings. The van der Waals surface area contributed by atoms with E-state index in [2.05, 4.69) is 43.6 Å². The maximum Gasteiger partial charge on any atom is 0.178 e. The van der Waals surface area contributed by atoms with Gasteiger partial charge in [0.25, 0.3) is 0 Å². The van der Waals surface area contributed by atoms with Crippen LogP contribution in [0.3, 0.4) is 0 Å². The van der Waals surface area contributed by atoms with Crippen molar-refractivity contribution in [2.24, 2.45) is 0 Å². The van der Waals surface area contributed by atoms with Crippen LogP contribution in [0.2, 0.25) is 0 Å². The second-order valence-corrected chi connectivity index (χ2v) is 6.13. The lowest BCUT2D eigenvalue weighted by atomic mass is 10.2. The van der Waals surface area contributed by atoms with E-state index in [0.717, 1.165) is 15.4 Å². The Morgan fingerprint density at radius 2 is 2.38 bits per heavy atom. The summed E-state index contributed by atoms with van der Waals surface area (Å²) >= 11 is 6.69. The molecule has 0 atom stereocenters. The zero-order valence-electron chi connectivity index (χ0n) is 8.61. The van der Waals surface area contributed by atoms with E-state index < -0.39 is 0 Å². The molecule has 0 spiro atoms. The molecule has 6 heteroatoms. The zero-order chi connectivity index (χ0) is 11.4. The van der Waals surface area contributed by atoms with Gasteiger partial charge >= 0.3 is 0 Å². The van der Waals surface area contributed by atoms with Crippen LogP contribution in [0.25, 0.3) is 0 Å². The first-order valence-corrected chi connectivity index (χ1v) is 7.15. The predicted octanol–water partition coefficient (Wildman–Crippen LogP) is 3.17. The molecule has 0 saturated carbocycles. The average Bonchev–Trinajstić information content (AvgIpc) is 2.75. The number of rotatable bonds is 4. The summed E-state index contributed by atoms with van der Waals surface area (Å²) in [5.41, 5.74) is 3.01. The number of hydrogen-bond donors (Lipinski definition) is 1. The van der Waals surface area contributed by atoms with Crippen molar-refractivity contribution in [3.05, 3.63) is 33.7 Å². The normalized spacial score (nSPS) is 10.6. The third-order valence-electron chi connectivity index (χ3n) is 1.93. The van der Waals surface area contributed by atoms with Crippen molar-refractivity contribution in [3.63, 3.8) is 0 Å². The summed E-state index contributed by atoms with van der Waals surface area (Å²) in [5.74, 6) is 0. The summed E-state index contributed by atoms with van der Waals surface area (Å²) in [6.45, 7) is 0.848. The summed E-state index contributed by atoms with van der Waals surface area (Å²) in [5, 5.41) is 11.0. The third-order valence-corrected chi connectivity index (χ3v) is 4.32. The summed E-state index contributed by atoms with van der Waals surface area (Å²) < 4.78 is 2.07. The number of aromatic nitrogens is 2. The largest absolute Gasteiger partial charge is 0.316 e. The lowest BCUT2D eigenvalue weighted by Gasteiger charge is -2.07. The van der Waals surface area contributed by atoms with Crippen LogP contribution in [0.15, 0.2) is 37.4 Å². The topological polar surface area (TPSA) is 37.8 Å². The fourth-order valence-corrected chi connectivity index (χ4v) is 3.23. The Kier molecular flexibility index (Phi) is 4.34. The van der Waals surface area contributed by atoms with Crippen LogP contribution < -0.4 is 5.32 Å². The number of halogens is 1. The van der Waals surface area contributed by atoms with Gasteiger partial charge in [0.05, 0.1) is 0 Å². The van der Waals surface area contributed by atoms with Gasteiger partial charge in [0.15, 0.2) is 4.34 Å². The van der Waals surface area contributed by atoms with Crippen molar-refractivity contribution in [2.75, 3.05) is 7.05 Å². The fraction of sp³-hybridized carbons (Fsp3) is 0.200. The minimum atomic E-state index is 0.848. The quantitative estimate of drug-likeness (QED) is 0.940. The van der Waals surface area contributed by atoms with E-state index in [-0.39, 0.29) is 0 Å². The highest BCUT2D eigenvalue weighted by molar-refractivity contribution is 9.10. The van der Waals surface area contributed by atoms with Gasteiger partial charge in [0.1, 0.15) is 5.51 Å². The van der Waals surface area contributed by atoms with Gasteiger partial charge in [0, 0.05) is 15.9 Å². The minimum absolute atomic E-state index is 0.848. The lowest BCUT2D eigenvalue weighted by molar-refractivity contribution is 0.802.